The van der Waals surface area contributed by atoms with Crippen LogP contribution in [0.3, 0.4) is 0 Å². The van der Waals surface area contributed by atoms with E-state index in [4.69, 9.17) is 4.74 Å². The predicted molar refractivity (Wildman–Crippen MR) is 80.2 cm³/mol. The van der Waals surface area contributed by atoms with E-state index in [1.165, 1.54) is 0 Å². The van der Waals surface area contributed by atoms with Gasteiger partial charge in [0.15, 0.2) is 0 Å². The Morgan fingerprint density at radius 3 is 2.90 bits per heavy atom. The molecule has 0 radical (unpaired) electrons. The maximum absolute atomic E-state index is 12.6. The van der Waals surface area contributed by atoms with Gasteiger partial charge in [0.05, 0.1) is 12.2 Å². The molecule has 1 aliphatic rings. The summed E-state index contributed by atoms with van der Waals surface area (Å²) in [6, 6.07) is 8.33. The molecule has 1 aliphatic heterocycles. The zero-order valence-corrected chi connectivity index (χ0v) is 12.6. The third kappa shape index (κ3) is 3.51. The van der Waals surface area contributed by atoms with E-state index >= 15 is 0 Å². The van der Waals surface area contributed by atoms with Crippen LogP contribution < -0.4 is 10.1 Å². The van der Waals surface area contributed by atoms with Crippen molar-refractivity contribution in [2.45, 2.75) is 39.3 Å². The Bertz CT molecular complexity index is 460. The molecule has 1 N–H and O–H groups in total. The van der Waals surface area contributed by atoms with Gasteiger partial charge in [0.25, 0.3) is 5.91 Å². The standard InChI is InChI=1S/C16H24N2O2/c1-4-20-15-8-6-5-7-14(15)16(19)18-10-9-13(11-18)17-12(2)3/h5-8,12-13,17H,4,9-11H2,1-3H3/t13-/m1/s1. The molecule has 1 saturated heterocycles. The van der Waals surface area contributed by atoms with Gasteiger partial charge in [-0.1, -0.05) is 26.0 Å². The topological polar surface area (TPSA) is 41.6 Å². The molecule has 1 heterocycles. The summed E-state index contributed by atoms with van der Waals surface area (Å²) in [5, 5.41) is 3.49. The van der Waals surface area contributed by atoms with Gasteiger partial charge >= 0.3 is 0 Å². The monoisotopic (exact) mass is 276 g/mol. The lowest BCUT2D eigenvalue weighted by atomic mass is 10.1. The molecule has 1 fully saturated rings. The first-order valence-corrected chi connectivity index (χ1v) is 7.39. The maximum Gasteiger partial charge on any atom is 0.257 e. The quantitative estimate of drug-likeness (QED) is 0.897. The average molecular weight is 276 g/mol. The van der Waals surface area contributed by atoms with E-state index in [-0.39, 0.29) is 5.91 Å². The smallest absolute Gasteiger partial charge is 0.257 e. The van der Waals surface area contributed by atoms with E-state index in [1.807, 2.05) is 36.1 Å². The molecule has 20 heavy (non-hydrogen) atoms. The number of hydrogen-bond acceptors (Lipinski definition) is 3. The number of nitrogens with zero attached hydrogens (tertiary/aromatic N) is 1. The third-order valence-electron chi connectivity index (χ3n) is 3.46. The molecular weight excluding hydrogens is 252 g/mol. The van der Waals surface area contributed by atoms with Gasteiger partial charge in [-0.3, -0.25) is 4.79 Å². The van der Waals surface area contributed by atoms with Crippen molar-refractivity contribution < 1.29 is 9.53 Å². The second kappa shape index (κ2) is 6.75. The summed E-state index contributed by atoms with van der Waals surface area (Å²) in [7, 11) is 0. The van der Waals surface area contributed by atoms with E-state index in [9.17, 15) is 4.79 Å². The van der Waals surface area contributed by atoms with Crippen molar-refractivity contribution in [2.24, 2.45) is 0 Å². The van der Waals surface area contributed by atoms with Crippen molar-refractivity contribution >= 4 is 5.91 Å². The molecule has 0 bridgehead atoms. The molecule has 0 aliphatic carbocycles. The molecule has 0 aromatic heterocycles. The molecule has 4 nitrogen and oxygen atoms in total. The van der Waals surface area contributed by atoms with Gasteiger partial charge in [-0.15, -0.1) is 0 Å². The first-order chi connectivity index (χ1) is 9.61. The number of carbonyl (C=O) groups is 1. The molecule has 2 rings (SSSR count). The second-order valence-corrected chi connectivity index (χ2v) is 5.49. The van der Waals surface area contributed by atoms with Crippen molar-refractivity contribution in [1.29, 1.82) is 0 Å². The first-order valence-electron chi connectivity index (χ1n) is 7.39. The highest BCUT2D eigenvalue weighted by Gasteiger charge is 2.28. The van der Waals surface area contributed by atoms with Gasteiger partial charge in [0.1, 0.15) is 5.75 Å². The summed E-state index contributed by atoms with van der Waals surface area (Å²) in [6.07, 6.45) is 1.01. The van der Waals surface area contributed by atoms with Crippen LogP contribution in [0, 0.1) is 0 Å². The zero-order valence-electron chi connectivity index (χ0n) is 12.6. The number of carbonyl (C=O) groups excluding carboxylic acids is 1. The molecular formula is C16H24N2O2. The third-order valence-corrected chi connectivity index (χ3v) is 3.46. The van der Waals surface area contributed by atoms with Crippen molar-refractivity contribution in [3.05, 3.63) is 29.8 Å². The lowest BCUT2D eigenvalue weighted by molar-refractivity contribution is 0.0784. The van der Waals surface area contributed by atoms with E-state index in [0.29, 0.717) is 30.0 Å². The molecule has 1 amide bonds. The lowest BCUT2D eigenvalue weighted by Gasteiger charge is -2.19. The largest absolute Gasteiger partial charge is 0.493 e. The summed E-state index contributed by atoms with van der Waals surface area (Å²) in [5.74, 6) is 0.752. The van der Waals surface area contributed by atoms with E-state index in [2.05, 4.69) is 19.2 Å². The summed E-state index contributed by atoms with van der Waals surface area (Å²) in [6.45, 7) is 8.35. The fraction of sp³-hybridized carbons (Fsp3) is 0.562. The minimum atomic E-state index is 0.0714. The fourth-order valence-electron chi connectivity index (χ4n) is 2.65. The normalized spacial score (nSPS) is 18.6. The van der Waals surface area contributed by atoms with Crippen LogP contribution in [0.15, 0.2) is 24.3 Å². The zero-order chi connectivity index (χ0) is 14.5. The van der Waals surface area contributed by atoms with Crippen LogP contribution in [0.4, 0.5) is 0 Å². The molecule has 1 aromatic rings. The average Bonchev–Trinajstić information content (AvgIpc) is 2.86. The number of likely N-dealkylation sites (tertiary alicyclic amines) is 1. The highest BCUT2D eigenvalue weighted by molar-refractivity contribution is 5.97. The summed E-state index contributed by atoms with van der Waals surface area (Å²) in [5.41, 5.74) is 0.666. The number of hydrogen-bond donors (Lipinski definition) is 1. The van der Waals surface area contributed by atoms with Crippen LogP contribution in [0.1, 0.15) is 37.6 Å². The predicted octanol–water partition coefficient (Wildman–Crippen LogP) is 2.30. The van der Waals surface area contributed by atoms with Crippen LogP contribution in [-0.4, -0.2) is 42.6 Å². The Balaban J connectivity index is 2.05. The molecule has 1 atom stereocenters. The number of ether oxygens (including phenoxy) is 1. The number of para-hydroxylation sites is 1. The summed E-state index contributed by atoms with van der Waals surface area (Å²) in [4.78, 5) is 14.5. The van der Waals surface area contributed by atoms with Gasteiger partial charge in [-0.05, 0) is 25.5 Å². The Morgan fingerprint density at radius 1 is 1.45 bits per heavy atom. The summed E-state index contributed by atoms with van der Waals surface area (Å²) < 4.78 is 5.55. The molecule has 0 spiro atoms. The Labute approximate surface area is 121 Å². The van der Waals surface area contributed by atoms with Gasteiger partial charge in [-0.2, -0.15) is 0 Å². The summed E-state index contributed by atoms with van der Waals surface area (Å²) >= 11 is 0. The second-order valence-electron chi connectivity index (χ2n) is 5.49. The molecule has 1 aromatic carbocycles. The minimum Gasteiger partial charge on any atom is -0.493 e. The highest BCUT2D eigenvalue weighted by Crippen LogP contribution is 2.22. The number of nitrogens with one attached hydrogen (secondary N) is 1. The molecule has 0 unspecified atom stereocenters. The van der Waals surface area contributed by atoms with Crippen LogP contribution in [0.2, 0.25) is 0 Å². The highest BCUT2D eigenvalue weighted by atomic mass is 16.5. The molecule has 0 saturated carbocycles. The Kier molecular flexibility index (Phi) is 5.01. The van der Waals surface area contributed by atoms with Crippen molar-refractivity contribution in [2.75, 3.05) is 19.7 Å². The number of rotatable bonds is 5. The number of benzene rings is 1. The van der Waals surface area contributed by atoms with Crippen LogP contribution >= 0.6 is 0 Å². The Morgan fingerprint density at radius 2 is 2.20 bits per heavy atom. The van der Waals surface area contributed by atoms with Gasteiger partial charge in [-0.25, -0.2) is 0 Å². The van der Waals surface area contributed by atoms with E-state index in [0.717, 1.165) is 19.5 Å². The minimum absolute atomic E-state index is 0.0714. The van der Waals surface area contributed by atoms with Crippen LogP contribution in [-0.2, 0) is 0 Å². The van der Waals surface area contributed by atoms with Crippen molar-refractivity contribution in [1.82, 2.24) is 10.2 Å². The van der Waals surface area contributed by atoms with Crippen molar-refractivity contribution in [3.63, 3.8) is 0 Å². The maximum atomic E-state index is 12.6. The van der Waals surface area contributed by atoms with Crippen LogP contribution in [0.25, 0.3) is 0 Å². The number of amides is 1. The molecule has 110 valence electrons. The lowest BCUT2D eigenvalue weighted by Crippen LogP contribution is -2.38. The van der Waals surface area contributed by atoms with E-state index < -0.39 is 0 Å². The first kappa shape index (κ1) is 14.9. The van der Waals surface area contributed by atoms with Gasteiger partial charge in [0, 0.05) is 25.2 Å². The SMILES string of the molecule is CCOc1ccccc1C(=O)N1CC[C@@H](NC(C)C)C1. The van der Waals surface area contributed by atoms with Gasteiger partial charge < -0.3 is 15.0 Å². The fourth-order valence-corrected chi connectivity index (χ4v) is 2.65. The molecule has 4 heteroatoms. The van der Waals surface area contributed by atoms with Gasteiger partial charge in [0.2, 0.25) is 0 Å². The van der Waals surface area contributed by atoms with E-state index in [1.54, 1.807) is 0 Å². The van der Waals surface area contributed by atoms with Crippen LogP contribution in [0.5, 0.6) is 5.75 Å². The van der Waals surface area contributed by atoms with Crippen molar-refractivity contribution in [3.8, 4) is 5.75 Å². The Hall–Kier alpha value is -1.55.